The van der Waals surface area contributed by atoms with Crippen LogP contribution in [-0.4, -0.2) is 22.3 Å². The molecule has 0 saturated carbocycles. The van der Waals surface area contributed by atoms with Crippen LogP contribution in [0.5, 0.6) is 11.5 Å². The fourth-order valence-corrected chi connectivity index (χ4v) is 4.24. The number of carbonyl (C=O) groups is 2. The van der Waals surface area contributed by atoms with Crippen molar-refractivity contribution in [2.24, 2.45) is 5.73 Å². The average molecular weight is 445 g/mol. The van der Waals surface area contributed by atoms with E-state index in [1.807, 2.05) is 65.0 Å². The Morgan fingerprint density at radius 1 is 1.03 bits per heavy atom. The van der Waals surface area contributed by atoms with E-state index in [2.05, 4.69) is 4.98 Å². The van der Waals surface area contributed by atoms with Gasteiger partial charge in [-0.05, 0) is 76.6 Å². The number of hydrogen-bond donors (Lipinski definition) is 1. The van der Waals surface area contributed by atoms with E-state index in [4.69, 9.17) is 15.2 Å². The molecule has 1 atom stereocenters. The first-order chi connectivity index (χ1) is 15.5. The molecule has 33 heavy (non-hydrogen) atoms. The Hall–Kier alpha value is -3.67. The Labute approximate surface area is 193 Å². The third-order valence-electron chi connectivity index (χ3n) is 5.77. The number of amides is 1. The minimum atomic E-state index is -0.573. The largest absolute Gasteiger partial charge is 0.486 e. The average Bonchev–Trinajstić information content (AvgIpc) is 2.72. The van der Waals surface area contributed by atoms with Gasteiger partial charge in [0.1, 0.15) is 23.2 Å². The molecular weight excluding hydrogens is 416 g/mol. The van der Waals surface area contributed by atoms with Gasteiger partial charge in [-0.1, -0.05) is 12.1 Å². The SMILES string of the molecule is Cc1cc(C(Oc2ccc3c(c2C)OC(C)(C)CC3=O)c2ccc(C(N)=O)cc2)cc(C)n1. The highest BCUT2D eigenvalue weighted by atomic mass is 16.5. The Bertz CT molecular complexity index is 1230. The predicted molar refractivity (Wildman–Crippen MR) is 126 cm³/mol. The van der Waals surface area contributed by atoms with E-state index in [9.17, 15) is 9.59 Å². The second kappa shape index (κ2) is 8.35. The van der Waals surface area contributed by atoms with E-state index < -0.39 is 17.6 Å². The molecule has 3 aromatic rings. The first-order valence-corrected chi connectivity index (χ1v) is 10.9. The summed E-state index contributed by atoms with van der Waals surface area (Å²) < 4.78 is 12.7. The molecule has 1 aliphatic heterocycles. The van der Waals surface area contributed by atoms with Crippen molar-refractivity contribution in [3.63, 3.8) is 0 Å². The summed E-state index contributed by atoms with van der Waals surface area (Å²) in [5, 5.41) is 0. The van der Waals surface area contributed by atoms with Crippen molar-refractivity contribution in [1.82, 2.24) is 4.98 Å². The summed E-state index contributed by atoms with van der Waals surface area (Å²) in [7, 11) is 0. The molecule has 4 rings (SSSR count). The van der Waals surface area contributed by atoms with Crippen LogP contribution in [0.25, 0.3) is 0 Å². The van der Waals surface area contributed by atoms with E-state index >= 15 is 0 Å². The van der Waals surface area contributed by atoms with Crippen molar-refractivity contribution in [2.75, 3.05) is 0 Å². The third kappa shape index (κ3) is 4.60. The monoisotopic (exact) mass is 444 g/mol. The van der Waals surface area contributed by atoms with Gasteiger partial charge in [0.25, 0.3) is 0 Å². The molecule has 2 aromatic carbocycles. The number of benzene rings is 2. The van der Waals surface area contributed by atoms with Crippen LogP contribution < -0.4 is 15.2 Å². The lowest BCUT2D eigenvalue weighted by Crippen LogP contribution is -2.36. The molecule has 2 heterocycles. The van der Waals surface area contributed by atoms with Crippen LogP contribution in [0.1, 0.15) is 75.2 Å². The van der Waals surface area contributed by atoms with Crippen molar-refractivity contribution >= 4 is 11.7 Å². The van der Waals surface area contributed by atoms with Gasteiger partial charge < -0.3 is 15.2 Å². The van der Waals surface area contributed by atoms with Crippen LogP contribution in [-0.2, 0) is 0 Å². The molecule has 0 fully saturated rings. The van der Waals surface area contributed by atoms with Gasteiger partial charge in [-0.3, -0.25) is 14.6 Å². The van der Waals surface area contributed by atoms with Gasteiger partial charge in [0.05, 0.1) is 12.0 Å². The summed E-state index contributed by atoms with van der Waals surface area (Å²) in [4.78, 5) is 28.6. The molecule has 170 valence electrons. The summed E-state index contributed by atoms with van der Waals surface area (Å²) in [6, 6.07) is 14.6. The summed E-state index contributed by atoms with van der Waals surface area (Å²) >= 11 is 0. The van der Waals surface area contributed by atoms with Gasteiger partial charge in [-0.25, -0.2) is 0 Å². The number of aromatic nitrogens is 1. The summed E-state index contributed by atoms with van der Waals surface area (Å²) in [5.41, 5.74) is 10.2. The second-order valence-electron chi connectivity index (χ2n) is 9.19. The number of primary amides is 1. The van der Waals surface area contributed by atoms with Crippen molar-refractivity contribution in [1.29, 1.82) is 0 Å². The third-order valence-corrected chi connectivity index (χ3v) is 5.77. The molecular formula is C27H28N2O4. The molecule has 0 spiro atoms. The lowest BCUT2D eigenvalue weighted by Gasteiger charge is -2.33. The number of hydrogen-bond acceptors (Lipinski definition) is 5. The van der Waals surface area contributed by atoms with Gasteiger partial charge in [0.15, 0.2) is 5.78 Å². The summed E-state index contributed by atoms with van der Waals surface area (Å²) in [6.45, 7) is 9.60. The van der Waals surface area contributed by atoms with Crippen LogP contribution in [0.4, 0.5) is 0 Å². The number of nitrogens with zero attached hydrogens (tertiary/aromatic N) is 1. The Morgan fingerprint density at radius 3 is 2.27 bits per heavy atom. The van der Waals surface area contributed by atoms with Crippen LogP contribution in [0.2, 0.25) is 0 Å². The van der Waals surface area contributed by atoms with E-state index in [1.165, 1.54) is 0 Å². The number of rotatable bonds is 5. The van der Waals surface area contributed by atoms with Crippen LogP contribution in [0, 0.1) is 20.8 Å². The number of nitrogens with two attached hydrogens (primary N) is 1. The molecule has 0 aliphatic carbocycles. The van der Waals surface area contributed by atoms with Crippen molar-refractivity contribution in [3.8, 4) is 11.5 Å². The zero-order valence-corrected chi connectivity index (χ0v) is 19.6. The number of fused-ring (bicyclic) bond motifs is 1. The van der Waals surface area contributed by atoms with Gasteiger partial charge in [0.2, 0.25) is 5.91 Å². The van der Waals surface area contributed by atoms with Crippen molar-refractivity contribution in [3.05, 3.63) is 87.7 Å². The second-order valence-corrected chi connectivity index (χ2v) is 9.19. The Kier molecular flexibility index (Phi) is 5.70. The van der Waals surface area contributed by atoms with Gasteiger partial charge in [0, 0.05) is 28.1 Å². The molecule has 1 aliphatic rings. The number of pyridine rings is 1. The normalized spacial score (nSPS) is 15.4. The highest BCUT2D eigenvalue weighted by molar-refractivity contribution is 6.01. The van der Waals surface area contributed by atoms with E-state index in [-0.39, 0.29) is 5.78 Å². The van der Waals surface area contributed by atoms with Crippen molar-refractivity contribution in [2.45, 2.75) is 52.7 Å². The lowest BCUT2D eigenvalue weighted by molar-refractivity contribution is 0.0612. The predicted octanol–water partition coefficient (Wildman–Crippen LogP) is 5.02. The molecule has 1 amide bonds. The van der Waals surface area contributed by atoms with Crippen molar-refractivity contribution < 1.29 is 19.1 Å². The minimum Gasteiger partial charge on any atom is -0.486 e. The Morgan fingerprint density at radius 2 is 1.67 bits per heavy atom. The number of carbonyl (C=O) groups excluding carboxylic acids is 2. The van der Waals surface area contributed by atoms with Crippen LogP contribution in [0.3, 0.4) is 0 Å². The zero-order valence-electron chi connectivity index (χ0n) is 19.6. The molecule has 1 aromatic heterocycles. The molecule has 0 radical (unpaired) electrons. The first kappa shape index (κ1) is 22.5. The van der Waals surface area contributed by atoms with Crippen LogP contribution >= 0.6 is 0 Å². The van der Waals surface area contributed by atoms with E-state index in [0.717, 1.165) is 28.1 Å². The number of ketones is 1. The Balaban J connectivity index is 1.79. The van der Waals surface area contributed by atoms with E-state index in [0.29, 0.717) is 29.0 Å². The molecule has 2 N–H and O–H groups in total. The van der Waals surface area contributed by atoms with Gasteiger partial charge in [-0.15, -0.1) is 0 Å². The molecule has 0 saturated heterocycles. The number of Topliss-reactive ketones (excluding diaryl/α,β-unsaturated/α-hetero) is 1. The number of ether oxygens (including phenoxy) is 2. The standard InChI is InChI=1S/C27H28N2O4/c1-15-12-20(13-16(2)29-15)25(18-6-8-19(9-7-18)26(28)31)32-23-11-10-21-22(30)14-27(4,5)33-24(21)17(23)3/h6-13,25H,14H2,1-5H3,(H2,28,31). The maximum Gasteiger partial charge on any atom is 0.248 e. The van der Waals surface area contributed by atoms with Crippen LogP contribution in [0.15, 0.2) is 48.5 Å². The molecule has 6 heteroatoms. The zero-order chi connectivity index (χ0) is 23.9. The fraction of sp³-hybridized carbons (Fsp3) is 0.296. The highest BCUT2D eigenvalue weighted by Crippen LogP contribution is 2.41. The summed E-state index contributed by atoms with van der Waals surface area (Å²) in [6.07, 6.45) is -0.124. The van der Waals surface area contributed by atoms with E-state index in [1.54, 1.807) is 18.2 Å². The smallest absolute Gasteiger partial charge is 0.248 e. The fourth-order valence-electron chi connectivity index (χ4n) is 4.24. The molecule has 0 bridgehead atoms. The maximum absolute atomic E-state index is 12.6. The van der Waals surface area contributed by atoms with Gasteiger partial charge >= 0.3 is 0 Å². The summed E-state index contributed by atoms with van der Waals surface area (Å²) in [5.74, 6) is 0.772. The minimum absolute atomic E-state index is 0.0647. The topological polar surface area (TPSA) is 91.5 Å². The molecule has 1 unspecified atom stereocenters. The molecule has 6 nitrogen and oxygen atoms in total. The highest BCUT2D eigenvalue weighted by Gasteiger charge is 2.34. The number of aryl methyl sites for hydroxylation is 2. The van der Waals surface area contributed by atoms with Gasteiger partial charge in [-0.2, -0.15) is 0 Å². The maximum atomic E-state index is 12.6. The quantitative estimate of drug-likeness (QED) is 0.597. The first-order valence-electron chi connectivity index (χ1n) is 10.9. The lowest BCUT2D eigenvalue weighted by atomic mass is 9.91.